The summed E-state index contributed by atoms with van der Waals surface area (Å²) in [5, 5.41) is 65.0. The number of carboxylic acids is 6. The third-order valence-corrected chi connectivity index (χ3v) is 12.0. The van der Waals surface area contributed by atoms with Gasteiger partial charge in [-0.15, -0.1) is 0 Å². The molecule has 2 aromatic rings. The van der Waals surface area contributed by atoms with Crippen molar-refractivity contribution in [3.63, 3.8) is 0 Å². The van der Waals surface area contributed by atoms with E-state index in [9.17, 15) is 73.5 Å². The number of amides is 4. The molecule has 0 radical (unpaired) electrons. The number of aryl methyl sites for hydroxylation is 1. The highest BCUT2D eigenvalue weighted by molar-refractivity contribution is 5.94. The Morgan fingerprint density at radius 2 is 1.07 bits per heavy atom. The third-order valence-electron chi connectivity index (χ3n) is 12.0. The van der Waals surface area contributed by atoms with Gasteiger partial charge < -0.3 is 51.5 Å². The zero-order chi connectivity index (χ0) is 53.3. The van der Waals surface area contributed by atoms with Gasteiger partial charge in [0.25, 0.3) is 5.91 Å². The normalized spacial score (nSPS) is 15.6. The summed E-state index contributed by atoms with van der Waals surface area (Å²) >= 11 is 0. The van der Waals surface area contributed by atoms with Crippen LogP contribution in [0.4, 0.5) is 4.79 Å². The maximum Gasteiger partial charge on any atom is 0.326 e. The topological polar surface area (TPSA) is 344 Å². The van der Waals surface area contributed by atoms with E-state index in [-0.39, 0.29) is 136 Å². The molecule has 0 spiro atoms. The van der Waals surface area contributed by atoms with Crippen molar-refractivity contribution in [3.8, 4) is 0 Å². The molecule has 1 fully saturated rings. The average Bonchev–Trinajstić information content (AvgIpc) is 3.30. The predicted octanol–water partition coefficient (Wildman–Crippen LogP) is 0.708. The molecule has 1 saturated heterocycles. The maximum atomic E-state index is 14.0. The van der Waals surface area contributed by atoms with Gasteiger partial charge in [0.2, 0.25) is 5.91 Å². The first-order valence-corrected chi connectivity index (χ1v) is 23.6. The van der Waals surface area contributed by atoms with E-state index in [0.717, 1.165) is 11.1 Å². The highest BCUT2D eigenvalue weighted by atomic mass is 16.4. The number of aliphatic carboxylic acids is 6. The molecule has 1 unspecified atom stereocenters. The summed E-state index contributed by atoms with van der Waals surface area (Å²) in [5.41, 5.74) is 2.83. The molecule has 3 atom stereocenters. The SMILES string of the molecule is CC(=O)[C@@H](CCC(=O)O)NC(=O)N[C@H](CCCCN(Cc1ccc(C)cc1)C(=O)c1ccc(CNC(=O)CCC(C(=O)O)N2CCN(CC(=O)O)CCN(CC(=O)O)CCN(CC(=O)O)CC2)cc1)C(=O)O. The number of benzene rings is 2. The Kier molecular flexibility index (Phi) is 25.2. The molecular formula is C48H68N8O16. The Bertz CT molecular complexity index is 2140. The Hall–Kier alpha value is -7.02. The van der Waals surface area contributed by atoms with Crippen LogP contribution in [-0.2, 0) is 51.4 Å². The van der Waals surface area contributed by atoms with E-state index in [0.29, 0.717) is 17.5 Å². The van der Waals surface area contributed by atoms with Crippen LogP contribution in [0.25, 0.3) is 0 Å². The lowest BCUT2D eigenvalue weighted by Crippen LogP contribution is -2.52. The number of ketones is 1. The molecule has 0 aliphatic carbocycles. The molecule has 1 heterocycles. The van der Waals surface area contributed by atoms with E-state index in [2.05, 4.69) is 16.0 Å². The lowest BCUT2D eigenvalue weighted by atomic mass is 10.1. The minimum Gasteiger partial charge on any atom is -0.481 e. The summed E-state index contributed by atoms with van der Waals surface area (Å²) in [4.78, 5) is 130. The van der Waals surface area contributed by atoms with Crippen molar-refractivity contribution in [1.82, 2.24) is 40.4 Å². The molecule has 2 aromatic carbocycles. The van der Waals surface area contributed by atoms with Gasteiger partial charge in [-0.25, -0.2) is 9.59 Å². The van der Waals surface area contributed by atoms with Crippen LogP contribution in [0.1, 0.15) is 78.9 Å². The molecule has 24 heteroatoms. The Morgan fingerprint density at radius 3 is 1.54 bits per heavy atom. The van der Waals surface area contributed by atoms with Crippen LogP contribution in [0.5, 0.6) is 0 Å². The van der Waals surface area contributed by atoms with E-state index in [1.165, 1.54) is 6.92 Å². The predicted molar refractivity (Wildman–Crippen MR) is 257 cm³/mol. The van der Waals surface area contributed by atoms with E-state index in [4.69, 9.17) is 5.11 Å². The summed E-state index contributed by atoms with van der Waals surface area (Å²) in [5.74, 6) is -8.34. The highest BCUT2D eigenvalue weighted by Crippen LogP contribution is 2.16. The molecule has 9 N–H and O–H groups in total. The van der Waals surface area contributed by atoms with Gasteiger partial charge in [0, 0.05) is 90.4 Å². The smallest absolute Gasteiger partial charge is 0.326 e. The number of nitrogens with one attached hydrogen (secondary N) is 3. The quantitative estimate of drug-likeness (QED) is 0.0530. The molecule has 1 aliphatic rings. The van der Waals surface area contributed by atoms with Gasteiger partial charge in [-0.1, -0.05) is 42.0 Å². The van der Waals surface area contributed by atoms with Crippen molar-refractivity contribution in [2.45, 2.75) is 90.0 Å². The van der Waals surface area contributed by atoms with Gasteiger partial charge in [-0.3, -0.25) is 58.0 Å². The van der Waals surface area contributed by atoms with Crippen LogP contribution in [0.3, 0.4) is 0 Å². The first kappa shape index (κ1) is 59.3. The first-order valence-electron chi connectivity index (χ1n) is 23.6. The van der Waals surface area contributed by atoms with Gasteiger partial charge >= 0.3 is 41.8 Å². The standard InChI is InChI=1S/C48H68N8O16/c1-32-6-8-35(9-7-32)28-56(18-4-3-5-38(46(68)69)51-48(72)50-37(33(2)57)14-17-41(59)60)45(67)36-12-10-34(11-13-36)27-49-40(58)16-15-39(47(70)71)55-25-23-53(30-43(63)64)21-19-52(29-42(61)62)20-22-54(24-26-55)31-44(65)66/h6-13,37-39H,3-5,14-31H2,1-2H3,(H,49,58)(H,59,60)(H,61,62)(H,63,64)(H,65,66)(H,68,69)(H,70,71)(H2,50,51,72)/t37-,38-,39?/m1/s1. The second kappa shape index (κ2) is 30.7. The van der Waals surface area contributed by atoms with Gasteiger partial charge in [-0.05, 0) is 69.2 Å². The summed E-state index contributed by atoms with van der Waals surface area (Å²) < 4.78 is 0. The van der Waals surface area contributed by atoms with Gasteiger partial charge in [-0.2, -0.15) is 0 Å². The zero-order valence-electron chi connectivity index (χ0n) is 40.7. The Morgan fingerprint density at radius 1 is 0.569 bits per heavy atom. The molecule has 0 bridgehead atoms. The summed E-state index contributed by atoms with van der Waals surface area (Å²) in [6, 6.07) is 9.53. The van der Waals surface area contributed by atoms with Gasteiger partial charge in [0.1, 0.15) is 12.1 Å². The zero-order valence-corrected chi connectivity index (χ0v) is 40.7. The Balaban J connectivity index is 1.64. The fraction of sp³-hybridized carbons (Fsp3) is 0.542. The van der Waals surface area contributed by atoms with Crippen molar-refractivity contribution in [1.29, 1.82) is 0 Å². The van der Waals surface area contributed by atoms with E-state index in [1.54, 1.807) is 48.8 Å². The first-order chi connectivity index (χ1) is 34.1. The number of rotatable bonds is 28. The van der Waals surface area contributed by atoms with Crippen LogP contribution in [0.15, 0.2) is 48.5 Å². The average molecular weight is 1010 g/mol. The number of urea groups is 1. The molecule has 4 amide bonds. The van der Waals surface area contributed by atoms with Crippen molar-refractivity contribution in [2.75, 3.05) is 78.5 Å². The van der Waals surface area contributed by atoms with Crippen molar-refractivity contribution in [2.24, 2.45) is 0 Å². The van der Waals surface area contributed by atoms with Crippen LogP contribution in [0.2, 0.25) is 0 Å². The monoisotopic (exact) mass is 1010 g/mol. The number of carbonyl (C=O) groups excluding carboxylic acids is 4. The largest absolute Gasteiger partial charge is 0.481 e. The summed E-state index contributed by atoms with van der Waals surface area (Å²) in [6.45, 7) is 3.47. The number of Topliss-reactive ketones (excluding diaryl/α,β-unsaturated/α-hetero) is 1. The summed E-state index contributed by atoms with van der Waals surface area (Å²) in [6.07, 6.45) is -0.254. The van der Waals surface area contributed by atoms with Crippen LogP contribution < -0.4 is 16.0 Å². The van der Waals surface area contributed by atoms with Gasteiger partial charge in [0.05, 0.1) is 25.7 Å². The van der Waals surface area contributed by atoms with E-state index >= 15 is 0 Å². The molecule has 72 heavy (non-hydrogen) atoms. The third kappa shape index (κ3) is 22.8. The maximum absolute atomic E-state index is 14.0. The molecule has 0 saturated carbocycles. The lowest BCUT2D eigenvalue weighted by Gasteiger charge is -2.35. The molecule has 1 aliphatic heterocycles. The Labute approximate surface area is 416 Å². The van der Waals surface area contributed by atoms with Gasteiger partial charge in [0.15, 0.2) is 5.78 Å². The van der Waals surface area contributed by atoms with Crippen LogP contribution in [0, 0.1) is 6.92 Å². The molecule has 3 rings (SSSR count). The second-order valence-electron chi connectivity index (χ2n) is 17.7. The minimum atomic E-state index is -1.34. The fourth-order valence-electron chi connectivity index (χ4n) is 7.96. The number of carboxylic acid groups (broad SMARTS) is 6. The molecular weight excluding hydrogens is 945 g/mol. The number of hydrogen-bond acceptors (Lipinski definition) is 14. The van der Waals surface area contributed by atoms with Crippen LogP contribution >= 0.6 is 0 Å². The molecule has 396 valence electrons. The minimum absolute atomic E-state index is 0.0106. The van der Waals surface area contributed by atoms with Crippen molar-refractivity contribution >= 4 is 59.4 Å². The van der Waals surface area contributed by atoms with Crippen molar-refractivity contribution in [3.05, 3.63) is 70.8 Å². The number of nitrogens with zero attached hydrogens (tertiary/aromatic N) is 5. The number of carbonyl (C=O) groups is 10. The highest BCUT2D eigenvalue weighted by Gasteiger charge is 2.29. The molecule has 24 nitrogen and oxygen atoms in total. The van der Waals surface area contributed by atoms with E-state index < -0.39 is 71.7 Å². The fourth-order valence-corrected chi connectivity index (χ4v) is 7.96. The number of hydrogen-bond donors (Lipinski definition) is 9. The number of unbranched alkanes of at least 4 members (excludes halogenated alkanes) is 1. The lowest BCUT2D eigenvalue weighted by molar-refractivity contribution is -0.145. The second-order valence-corrected chi connectivity index (χ2v) is 17.7. The molecule has 0 aromatic heterocycles. The summed E-state index contributed by atoms with van der Waals surface area (Å²) in [7, 11) is 0. The van der Waals surface area contributed by atoms with Crippen LogP contribution in [-0.4, -0.2) is 211 Å². The van der Waals surface area contributed by atoms with Crippen molar-refractivity contribution < 1.29 is 78.6 Å². The van der Waals surface area contributed by atoms with E-state index in [1.807, 2.05) is 31.2 Å².